The number of nitrogens with one attached hydrogen (secondary N) is 2. The van der Waals surface area contributed by atoms with Crippen molar-refractivity contribution in [2.75, 3.05) is 17.7 Å². The molecule has 0 atom stereocenters. The minimum absolute atomic E-state index is 0.0612. The SMILES string of the molecule is CNc1ncc(F)cc1C(=O)Nc1c(Cl)ccc(C)c1Cl. The lowest BCUT2D eigenvalue weighted by molar-refractivity contribution is 0.102. The molecule has 0 unspecified atom stereocenters. The van der Waals surface area contributed by atoms with Gasteiger partial charge >= 0.3 is 0 Å². The zero-order valence-corrected chi connectivity index (χ0v) is 12.8. The fraction of sp³-hybridized carbons (Fsp3) is 0.143. The van der Waals surface area contributed by atoms with Gasteiger partial charge in [0.2, 0.25) is 0 Å². The van der Waals surface area contributed by atoms with Gasteiger partial charge < -0.3 is 10.6 Å². The zero-order valence-electron chi connectivity index (χ0n) is 11.3. The Morgan fingerprint density at radius 3 is 2.71 bits per heavy atom. The largest absolute Gasteiger partial charge is 0.372 e. The number of hydrogen-bond donors (Lipinski definition) is 2. The van der Waals surface area contributed by atoms with E-state index < -0.39 is 11.7 Å². The van der Waals surface area contributed by atoms with Crippen LogP contribution in [-0.2, 0) is 0 Å². The van der Waals surface area contributed by atoms with E-state index in [4.69, 9.17) is 23.2 Å². The van der Waals surface area contributed by atoms with Crippen LogP contribution in [0, 0.1) is 12.7 Å². The predicted molar refractivity (Wildman–Crippen MR) is 82.9 cm³/mol. The van der Waals surface area contributed by atoms with E-state index in [-0.39, 0.29) is 17.1 Å². The van der Waals surface area contributed by atoms with Crippen LogP contribution >= 0.6 is 23.2 Å². The minimum Gasteiger partial charge on any atom is -0.372 e. The Kier molecular flexibility index (Phi) is 4.65. The smallest absolute Gasteiger partial charge is 0.259 e. The molecule has 0 aliphatic rings. The van der Waals surface area contributed by atoms with Gasteiger partial charge in [0.05, 0.1) is 27.5 Å². The summed E-state index contributed by atoms with van der Waals surface area (Å²) in [6.45, 7) is 1.79. The number of halogens is 3. The van der Waals surface area contributed by atoms with Crippen molar-refractivity contribution >= 4 is 40.6 Å². The summed E-state index contributed by atoms with van der Waals surface area (Å²) in [7, 11) is 1.59. The van der Waals surface area contributed by atoms with Gasteiger partial charge in [0, 0.05) is 7.05 Å². The first-order chi connectivity index (χ1) is 9.93. The van der Waals surface area contributed by atoms with Crippen LogP contribution in [0.1, 0.15) is 15.9 Å². The molecule has 0 bridgehead atoms. The minimum atomic E-state index is -0.611. The second-order valence-electron chi connectivity index (χ2n) is 4.31. The van der Waals surface area contributed by atoms with Crippen LogP contribution in [0.5, 0.6) is 0 Å². The van der Waals surface area contributed by atoms with E-state index in [1.54, 1.807) is 26.1 Å². The van der Waals surface area contributed by atoms with Crippen molar-refractivity contribution in [2.24, 2.45) is 0 Å². The van der Waals surface area contributed by atoms with Gasteiger partial charge in [-0.3, -0.25) is 4.79 Å². The number of hydrogen-bond acceptors (Lipinski definition) is 3. The predicted octanol–water partition coefficient (Wildman–Crippen LogP) is 4.13. The molecule has 0 fully saturated rings. The molecule has 2 N–H and O–H groups in total. The lowest BCUT2D eigenvalue weighted by atomic mass is 10.2. The molecule has 2 aromatic rings. The van der Waals surface area contributed by atoms with Gasteiger partial charge in [-0.15, -0.1) is 0 Å². The molecule has 2 rings (SSSR count). The highest BCUT2D eigenvalue weighted by Crippen LogP contribution is 2.33. The number of benzene rings is 1. The van der Waals surface area contributed by atoms with E-state index in [1.165, 1.54) is 0 Å². The standard InChI is InChI=1S/C14H12Cl2FN3O/c1-7-3-4-10(15)12(11(7)16)20-14(21)9-5-8(17)6-19-13(9)18-2/h3-6H,1-2H3,(H,18,19)(H,20,21). The molecule has 0 aliphatic heterocycles. The topological polar surface area (TPSA) is 54.0 Å². The van der Waals surface area contributed by atoms with Crippen LogP contribution in [0.4, 0.5) is 15.9 Å². The fourth-order valence-corrected chi connectivity index (χ4v) is 2.23. The number of aryl methyl sites for hydroxylation is 1. The molecule has 1 aromatic heterocycles. The van der Waals surface area contributed by atoms with Crippen LogP contribution in [0.2, 0.25) is 10.0 Å². The van der Waals surface area contributed by atoms with Crippen LogP contribution < -0.4 is 10.6 Å². The molecule has 1 amide bonds. The van der Waals surface area contributed by atoms with E-state index in [9.17, 15) is 9.18 Å². The van der Waals surface area contributed by atoms with Crippen molar-refractivity contribution in [2.45, 2.75) is 6.92 Å². The molecular weight excluding hydrogens is 316 g/mol. The molecule has 4 nitrogen and oxygen atoms in total. The van der Waals surface area contributed by atoms with Gasteiger partial charge in [-0.25, -0.2) is 9.37 Å². The molecule has 1 heterocycles. The van der Waals surface area contributed by atoms with Gasteiger partial charge in [0.1, 0.15) is 11.6 Å². The van der Waals surface area contributed by atoms with Crippen LogP contribution in [0.15, 0.2) is 24.4 Å². The van der Waals surface area contributed by atoms with Gasteiger partial charge in [-0.2, -0.15) is 0 Å². The summed E-state index contributed by atoms with van der Waals surface area (Å²) in [5.41, 5.74) is 1.11. The zero-order chi connectivity index (χ0) is 15.6. The first kappa shape index (κ1) is 15.5. The maximum atomic E-state index is 13.3. The van der Waals surface area contributed by atoms with Gasteiger partial charge in [0.25, 0.3) is 5.91 Å². The average Bonchev–Trinajstić information content (AvgIpc) is 2.47. The Hall–Kier alpha value is -1.85. The molecule has 0 spiro atoms. The number of rotatable bonds is 3. The van der Waals surface area contributed by atoms with Crippen molar-refractivity contribution in [3.63, 3.8) is 0 Å². The molecule has 7 heteroatoms. The first-order valence-electron chi connectivity index (χ1n) is 6.03. The Labute approximate surface area is 131 Å². The summed E-state index contributed by atoms with van der Waals surface area (Å²) in [5, 5.41) is 5.95. The second-order valence-corrected chi connectivity index (χ2v) is 5.09. The molecule has 1 aromatic carbocycles. The summed E-state index contributed by atoms with van der Waals surface area (Å²) in [6, 6.07) is 4.45. The fourth-order valence-electron chi connectivity index (χ4n) is 1.76. The van der Waals surface area contributed by atoms with E-state index in [1.807, 2.05) is 0 Å². The number of pyridine rings is 1. The third-order valence-corrected chi connectivity index (χ3v) is 3.66. The quantitative estimate of drug-likeness (QED) is 0.891. The summed E-state index contributed by atoms with van der Waals surface area (Å²) in [6.07, 6.45) is 1.02. The van der Waals surface area contributed by atoms with Crippen molar-refractivity contribution in [3.8, 4) is 0 Å². The van der Waals surface area contributed by atoms with Gasteiger partial charge in [-0.1, -0.05) is 29.3 Å². The number of nitrogens with zero attached hydrogens (tertiary/aromatic N) is 1. The monoisotopic (exact) mass is 327 g/mol. The normalized spacial score (nSPS) is 10.3. The Balaban J connectivity index is 2.39. The molecule has 0 aliphatic carbocycles. The third-order valence-electron chi connectivity index (χ3n) is 2.86. The lowest BCUT2D eigenvalue weighted by Gasteiger charge is -2.12. The Morgan fingerprint density at radius 2 is 2.05 bits per heavy atom. The molecule has 110 valence electrons. The summed E-state index contributed by atoms with van der Waals surface area (Å²) < 4.78 is 13.3. The number of aromatic nitrogens is 1. The van der Waals surface area contributed by atoms with Crippen LogP contribution in [-0.4, -0.2) is 17.9 Å². The van der Waals surface area contributed by atoms with Crippen LogP contribution in [0.3, 0.4) is 0 Å². The average molecular weight is 328 g/mol. The van der Waals surface area contributed by atoms with Gasteiger partial charge in [-0.05, 0) is 24.6 Å². The van der Waals surface area contributed by atoms with Crippen molar-refractivity contribution in [1.82, 2.24) is 4.98 Å². The molecule has 21 heavy (non-hydrogen) atoms. The molecular formula is C14H12Cl2FN3O. The van der Waals surface area contributed by atoms with E-state index in [0.29, 0.717) is 10.0 Å². The summed E-state index contributed by atoms with van der Waals surface area (Å²) >= 11 is 12.2. The summed E-state index contributed by atoms with van der Waals surface area (Å²) in [4.78, 5) is 16.1. The summed E-state index contributed by atoms with van der Waals surface area (Å²) in [5.74, 6) is -0.907. The lowest BCUT2D eigenvalue weighted by Crippen LogP contribution is -2.16. The number of anilines is 2. The first-order valence-corrected chi connectivity index (χ1v) is 6.79. The van der Waals surface area contributed by atoms with Crippen molar-refractivity contribution in [1.29, 1.82) is 0 Å². The highest BCUT2D eigenvalue weighted by Gasteiger charge is 2.17. The second kappa shape index (κ2) is 6.28. The molecule has 0 saturated heterocycles. The van der Waals surface area contributed by atoms with E-state index >= 15 is 0 Å². The maximum absolute atomic E-state index is 13.3. The van der Waals surface area contributed by atoms with Gasteiger partial charge in [0.15, 0.2) is 0 Å². The Morgan fingerprint density at radius 1 is 1.33 bits per heavy atom. The van der Waals surface area contributed by atoms with E-state index in [0.717, 1.165) is 17.8 Å². The molecule has 0 radical (unpaired) electrons. The highest BCUT2D eigenvalue weighted by molar-refractivity contribution is 6.40. The number of carbonyl (C=O) groups excluding carboxylic acids is 1. The van der Waals surface area contributed by atoms with Crippen LogP contribution in [0.25, 0.3) is 0 Å². The highest BCUT2D eigenvalue weighted by atomic mass is 35.5. The molecule has 0 saturated carbocycles. The van der Waals surface area contributed by atoms with E-state index in [2.05, 4.69) is 15.6 Å². The number of carbonyl (C=O) groups is 1. The number of amides is 1. The van der Waals surface area contributed by atoms with Crippen molar-refractivity contribution in [3.05, 3.63) is 51.4 Å². The Bertz CT molecular complexity index is 707. The van der Waals surface area contributed by atoms with Crippen molar-refractivity contribution < 1.29 is 9.18 Å². The maximum Gasteiger partial charge on any atom is 0.259 e. The third kappa shape index (κ3) is 3.25.